The van der Waals surface area contributed by atoms with Gasteiger partial charge in [0.15, 0.2) is 5.76 Å². The minimum atomic E-state index is -1.17. The average Bonchev–Trinajstić information content (AvgIpc) is 3.54. The largest absolute Gasteiger partial charge is 0.456 e. The molecule has 10 heteroatoms. The molecule has 3 aliphatic carbocycles. The van der Waals surface area contributed by atoms with Crippen LogP contribution >= 0.6 is 0 Å². The number of imide groups is 1. The number of nitrogens with one attached hydrogen (secondary N) is 1. The predicted octanol–water partition coefficient (Wildman–Crippen LogP) is 4.46. The molecule has 0 saturated carbocycles. The number of carbonyl (C=O) groups excluding carboxylic acids is 3. The van der Waals surface area contributed by atoms with Gasteiger partial charge in [0.1, 0.15) is 5.76 Å². The monoisotopic (exact) mass is 546 g/mol. The highest BCUT2D eigenvalue weighted by molar-refractivity contribution is 6.25. The van der Waals surface area contributed by atoms with Crippen LogP contribution < -0.4 is 10.3 Å². The molecule has 1 N–H and O–H groups in total. The SMILES string of the molecule is Cc1ccc(C(=O)N/N=C\C23c4ccccc4C(c4ccccc42)[C@H]2C(=O)N(c4ccc([N+](=O)[O-])cc4)C(=O)[C@@H]23)o1. The van der Waals surface area contributed by atoms with Gasteiger partial charge >= 0.3 is 5.91 Å². The molecule has 0 spiro atoms. The number of hydrogen-bond acceptors (Lipinski definition) is 7. The number of nitro groups is 1. The van der Waals surface area contributed by atoms with Crippen LogP contribution in [0.25, 0.3) is 0 Å². The van der Waals surface area contributed by atoms with E-state index < -0.39 is 34.0 Å². The van der Waals surface area contributed by atoms with E-state index in [9.17, 15) is 24.5 Å². The van der Waals surface area contributed by atoms with Gasteiger partial charge in [-0.15, -0.1) is 0 Å². The van der Waals surface area contributed by atoms with E-state index >= 15 is 0 Å². The molecule has 4 aliphatic rings. The molecule has 0 unspecified atom stereocenters. The lowest BCUT2D eigenvalue weighted by molar-refractivity contribution is -0.384. The third-order valence-corrected chi connectivity index (χ3v) is 8.40. The topological polar surface area (TPSA) is 135 Å². The number of non-ortho nitro benzene ring substituents is 1. The Morgan fingerprint density at radius 1 is 0.951 bits per heavy atom. The van der Waals surface area contributed by atoms with Gasteiger partial charge in [0.2, 0.25) is 11.8 Å². The number of furan rings is 1. The van der Waals surface area contributed by atoms with Crippen LogP contribution in [0.3, 0.4) is 0 Å². The maximum absolute atomic E-state index is 14.3. The van der Waals surface area contributed by atoms with Crippen molar-refractivity contribution in [1.82, 2.24) is 5.43 Å². The van der Waals surface area contributed by atoms with Crippen LogP contribution in [0.15, 0.2) is 94.4 Å². The number of amides is 3. The lowest BCUT2D eigenvalue weighted by Gasteiger charge is -2.52. The molecular formula is C31H22N4O6. The lowest BCUT2D eigenvalue weighted by Crippen LogP contribution is -2.54. The Kier molecular flexibility index (Phi) is 5.30. The maximum Gasteiger partial charge on any atom is 0.307 e. The molecular weight excluding hydrogens is 524 g/mol. The Morgan fingerprint density at radius 3 is 2.17 bits per heavy atom. The molecule has 8 rings (SSSR count). The van der Waals surface area contributed by atoms with Crippen molar-refractivity contribution in [3.63, 3.8) is 0 Å². The van der Waals surface area contributed by atoms with Crippen molar-refractivity contribution in [3.05, 3.63) is 129 Å². The summed E-state index contributed by atoms with van der Waals surface area (Å²) in [6.45, 7) is 1.73. The quantitative estimate of drug-likeness (QED) is 0.170. The van der Waals surface area contributed by atoms with Crippen LogP contribution in [-0.2, 0) is 15.0 Å². The van der Waals surface area contributed by atoms with Gasteiger partial charge in [0, 0.05) is 24.3 Å². The predicted molar refractivity (Wildman–Crippen MR) is 147 cm³/mol. The number of nitrogens with zero attached hydrogens (tertiary/aromatic N) is 3. The highest BCUT2D eigenvalue weighted by Gasteiger charge is 2.68. The molecule has 202 valence electrons. The Hall–Kier alpha value is -5.38. The standard InChI is InChI=1S/C31H22N4O6/c1-17-10-15-24(41-17)28(36)33-32-16-31-22-8-4-2-6-20(22)25(21-7-3-5-9-23(21)31)26-27(31)30(38)34(29(26)37)18-11-13-19(14-12-18)35(39)40/h2-16,25-27H,1H3,(H,33,36)/b32-16-/t25?,26-,27-,31?/m1/s1. The number of hydrogen-bond donors (Lipinski definition) is 1. The highest BCUT2D eigenvalue weighted by atomic mass is 16.6. The van der Waals surface area contributed by atoms with Crippen molar-refractivity contribution >= 4 is 35.3 Å². The number of benzene rings is 3. The molecule has 0 radical (unpaired) electrons. The normalized spacial score (nSPS) is 23.8. The maximum atomic E-state index is 14.3. The number of aryl methyl sites for hydroxylation is 1. The molecule has 2 atom stereocenters. The molecule has 1 aliphatic heterocycles. The first-order chi connectivity index (χ1) is 19.8. The third kappa shape index (κ3) is 3.37. The summed E-state index contributed by atoms with van der Waals surface area (Å²) in [5.41, 5.74) is 4.99. The summed E-state index contributed by atoms with van der Waals surface area (Å²) >= 11 is 0. The van der Waals surface area contributed by atoms with Gasteiger partial charge in [0.25, 0.3) is 5.69 Å². The number of carbonyl (C=O) groups is 3. The van der Waals surface area contributed by atoms with Crippen molar-refractivity contribution in [1.29, 1.82) is 0 Å². The van der Waals surface area contributed by atoms with Crippen LogP contribution in [-0.4, -0.2) is 28.9 Å². The second kappa shape index (κ2) is 8.82. The summed E-state index contributed by atoms with van der Waals surface area (Å²) in [7, 11) is 0. The Balaban J connectivity index is 1.39. The fourth-order valence-electron chi connectivity index (χ4n) is 6.83. The van der Waals surface area contributed by atoms with Crippen LogP contribution in [0.5, 0.6) is 0 Å². The molecule has 1 saturated heterocycles. The van der Waals surface area contributed by atoms with Gasteiger partial charge in [-0.3, -0.25) is 24.5 Å². The summed E-state index contributed by atoms with van der Waals surface area (Å²) in [6, 6.07) is 24.0. The molecule has 4 aromatic rings. The van der Waals surface area contributed by atoms with Crippen LogP contribution in [0.2, 0.25) is 0 Å². The van der Waals surface area contributed by atoms with Crippen molar-refractivity contribution in [3.8, 4) is 0 Å². The van der Waals surface area contributed by atoms with Crippen molar-refractivity contribution in [2.24, 2.45) is 16.9 Å². The smallest absolute Gasteiger partial charge is 0.307 e. The first-order valence-electron chi connectivity index (χ1n) is 13.0. The second-order valence-corrected chi connectivity index (χ2v) is 10.4. The van der Waals surface area contributed by atoms with Crippen LogP contribution in [0.4, 0.5) is 11.4 Å². The zero-order valence-corrected chi connectivity index (χ0v) is 21.7. The van der Waals surface area contributed by atoms with E-state index in [0.717, 1.165) is 27.2 Å². The zero-order chi connectivity index (χ0) is 28.5. The first-order valence-corrected chi connectivity index (χ1v) is 13.0. The summed E-state index contributed by atoms with van der Waals surface area (Å²) in [5, 5.41) is 15.6. The van der Waals surface area contributed by atoms with Gasteiger partial charge in [0.05, 0.1) is 27.9 Å². The van der Waals surface area contributed by atoms with E-state index in [1.807, 2.05) is 48.5 Å². The molecule has 2 bridgehead atoms. The fourth-order valence-corrected chi connectivity index (χ4v) is 6.83. The van der Waals surface area contributed by atoms with E-state index in [4.69, 9.17) is 4.42 Å². The summed E-state index contributed by atoms with van der Waals surface area (Å²) < 4.78 is 5.41. The third-order valence-electron chi connectivity index (χ3n) is 8.40. The minimum absolute atomic E-state index is 0.0969. The van der Waals surface area contributed by atoms with E-state index in [0.29, 0.717) is 5.76 Å². The van der Waals surface area contributed by atoms with E-state index in [1.165, 1.54) is 24.3 Å². The summed E-state index contributed by atoms with van der Waals surface area (Å²) in [6.07, 6.45) is 1.57. The molecule has 3 amide bonds. The highest BCUT2D eigenvalue weighted by Crippen LogP contribution is 2.63. The van der Waals surface area contributed by atoms with E-state index in [-0.39, 0.29) is 29.0 Å². The van der Waals surface area contributed by atoms with E-state index in [1.54, 1.807) is 25.3 Å². The fraction of sp³-hybridized carbons (Fsp3) is 0.161. The van der Waals surface area contributed by atoms with Crippen molar-refractivity contribution < 1.29 is 23.7 Å². The Morgan fingerprint density at radius 2 is 1.59 bits per heavy atom. The number of nitro benzene ring substituents is 1. The molecule has 1 aromatic heterocycles. The number of rotatable bonds is 5. The Labute approximate surface area is 233 Å². The average molecular weight is 547 g/mol. The van der Waals surface area contributed by atoms with Crippen LogP contribution in [0.1, 0.15) is 44.5 Å². The van der Waals surface area contributed by atoms with Gasteiger partial charge in [-0.1, -0.05) is 48.5 Å². The van der Waals surface area contributed by atoms with Crippen LogP contribution in [0, 0.1) is 28.9 Å². The molecule has 2 heterocycles. The first kappa shape index (κ1) is 24.6. The van der Waals surface area contributed by atoms with E-state index in [2.05, 4.69) is 10.5 Å². The molecule has 1 fully saturated rings. The van der Waals surface area contributed by atoms with Crippen molar-refractivity contribution in [2.45, 2.75) is 18.3 Å². The summed E-state index contributed by atoms with van der Waals surface area (Å²) in [4.78, 5) is 53.0. The van der Waals surface area contributed by atoms with Gasteiger partial charge in [-0.25, -0.2) is 10.3 Å². The Bertz CT molecular complexity index is 1760. The molecule has 3 aromatic carbocycles. The van der Waals surface area contributed by atoms with Gasteiger partial charge in [-0.2, -0.15) is 5.10 Å². The minimum Gasteiger partial charge on any atom is -0.456 e. The number of anilines is 1. The summed E-state index contributed by atoms with van der Waals surface area (Å²) in [5.74, 6) is -2.64. The zero-order valence-electron chi connectivity index (χ0n) is 21.7. The molecule has 41 heavy (non-hydrogen) atoms. The van der Waals surface area contributed by atoms with Gasteiger partial charge in [-0.05, 0) is 53.4 Å². The molecule has 10 nitrogen and oxygen atoms in total. The number of hydrazone groups is 1. The van der Waals surface area contributed by atoms with Gasteiger partial charge < -0.3 is 4.42 Å². The van der Waals surface area contributed by atoms with Crippen molar-refractivity contribution in [2.75, 3.05) is 4.90 Å². The second-order valence-electron chi connectivity index (χ2n) is 10.4. The lowest BCUT2D eigenvalue weighted by atomic mass is 9.47.